The van der Waals surface area contributed by atoms with E-state index in [0.29, 0.717) is 6.42 Å². The van der Waals surface area contributed by atoms with Crippen LogP contribution >= 0.6 is 0 Å². The van der Waals surface area contributed by atoms with E-state index in [4.69, 9.17) is 0 Å². The van der Waals surface area contributed by atoms with E-state index in [0.717, 1.165) is 36.7 Å². The first kappa shape index (κ1) is 12.5. The lowest BCUT2D eigenvalue weighted by atomic mass is 10.1. The Morgan fingerprint density at radius 3 is 2.94 bits per heavy atom. The number of hydrogen-bond acceptors (Lipinski definition) is 3. The molecule has 1 heterocycles. The summed E-state index contributed by atoms with van der Waals surface area (Å²) in [5.74, 6) is 0.0160. The Bertz CT molecular complexity index is 545. The maximum absolute atomic E-state index is 12.0. The van der Waals surface area contributed by atoms with Gasteiger partial charge < -0.3 is 0 Å². The van der Waals surface area contributed by atoms with Crippen LogP contribution < -0.4 is 0 Å². The fraction of sp³-hybridized carbons (Fsp3) is 0.357. The highest BCUT2D eigenvalue weighted by molar-refractivity contribution is 5.88. The molecule has 18 heavy (non-hydrogen) atoms. The third-order valence-electron chi connectivity index (χ3n) is 2.89. The van der Waals surface area contributed by atoms with Crippen LogP contribution in [0.25, 0.3) is 11.0 Å². The van der Waals surface area contributed by atoms with Crippen LogP contribution in [0.1, 0.15) is 36.9 Å². The molecule has 4 heteroatoms. The highest BCUT2D eigenvalue weighted by atomic mass is 16.2. The molecule has 2 aromatic rings. The van der Waals surface area contributed by atoms with Gasteiger partial charge in [-0.1, -0.05) is 29.8 Å². The SMILES string of the molecule is C=CCCCCCC(=O)n1nnc2ccccc21. The number of benzene rings is 1. The molecular weight excluding hydrogens is 226 g/mol. The Morgan fingerprint density at radius 2 is 2.11 bits per heavy atom. The van der Waals surface area contributed by atoms with E-state index >= 15 is 0 Å². The molecule has 0 bridgehead atoms. The van der Waals surface area contributed by atoms with Gasteiger partial charge in [0, 0.05) is 6.42 Å². The molecule has 0 radical (unpaired) electrons. The zero-order valence-electron chi connectivity index (χ0n) is 10.4. The average molecular weight is 243 g/mol. The van der Waals surface area contributed by atoms with Gasteiger partial charge in [0.15, 0.2) is 0 Å². The number of rotatable bonds is 6. The second kappa shape index (κ2) is 6.10. The standard InChI is InChI=1S/C14H17N3O/c1-2-3-4-5-6-11-14(18)17-13-10-8-7-9-12(13)15-16-17/h2,7-10H,1,3-6,11H2. The van der Waals surface area contributed by atoms with Gasteiger partial charge in [0.1, 0.15) is 5.52 Å². The predicted octanol–water partition coefficient (Wildman–Crippen LogP) is 3.21. The molecule has 0 aliphatic heterocycles. The van der Waals surface area contributed by atoms with Gasteiger partial charge in [-0.15, -0.1) is 11.7 Å². The quantitative estimate of drug-likeness (QED) is 0.578. The second-order valence-electron chi connectivity index (χ2n) is 4.27. The van der Waals surface area contributed by atoms with Crippen LogP contribution in [-0.4, -0.2) is 20.9 Å². The molecule has 94 valence electrons. The van der Waals surface area contributed by atoms with Crippen molar-refractivity contribution in [3.05, 3.63) is 36.9 Å². The minimum Gasteiger partial charge on any atom is -0.273 e. The molecular formula is C14H17N3O. The molecule has 1 aromatic heterocycles. The van der Waals surface area contributed by atoms with Crippen LogP contribution in [0.5, 0.6) is 0 Å². The lowest BCUT2D eigenvalue weighted by molar-refractivity contribution is 0.0886. The number of nitrogens with zero attached hydrogens (tertiary/aromatic N) is 3. The summed E-state index contributed by atoms with van der Waals surface area (Å²) in [4.78, 5) is 12.0. The molecule has 0 aliphatic rings. The number of para-hydroxylation sites is 1. The van der Waals surface area contributed by atoms with Crippen molar-refractivity contribution in [2.45, 2.75) is 32.1 Å². The first-order chi connectivity index (χ1) is 8.83. The molecule has 0 spiro atoms. The number of fused-ring (bicyclic) bond motifs is 1. The van der Waals surface area contributed by atoms with Crippen molar-refractivity contribution in [3.63, 3.8) is 0 Å². The molecule has 0 N–H and O–H groups in total. The maximum atomic E-state index is 12.0. The highest BCUT2D eigenvalue weighted by Gasteiger charge is 2.10. The summed E-state index contributed by atoms with van der Waals surface area (Å²) in [6.07, 6.45) is 6.47. The van der Waals surface area contributed by atoms with Gasteiger partial charge in [0.2, 0.25) is 5.91 Å². The van der Waals surface area contributed by atoms with Gasteiger partial charge >= 0.3 is 0 Å². The minimum atomic E-state index is 0.0160. The minimum absolute atomic E-state index is 0.0160. The van der Waals surface area contributed by atoms with Crippen LogP contribution in [0.3, 0.4) is 0 Å². The monoisotopic (exact) mass is 243 g/mol. The molecule has 4 nitrogen and oxygen atoms in total. The number of carbonyl (C=O) groups excluding carboxylic acids is 1. The molecule has 0 unspecified atom stereocenters. The van der Waals surface area contributed by atoms with E-state index in [2.05, 4.69) is 16.9 Å². The Hall–Kier alpha value is -1.97. The number of unbranched alkanes of at least 4 members (excludes halogenated alkanes) is 3. The lowest BCUT2D eigenvalue weighted by Gasteiger charge is -2.01. The summed E-state index contributed by atoms with van der Waals surface area (Å²) in [5, 5.41) is 7.89. The van der Waals surface area contributed by atoms with Gasteiger partial charge in [0.25, 0.3) is 0 Å². The molecule has 0 amide bonds. The van der Waals surface area contributed by atoms with E-state index in [1.165, 1.54) is 4.68 Å². The summed E-state index contributed by atoms with van der Waals surface area (Å²) in [7, 11) is 0. The van der Waals surface area contributed by atoms with E-state index in [1.54, 1.807) is 0 Å². The van der Waals surface area contributed by atoms with Crippen LogP contribution in [0.4, 0.5) is 0 Å². The number of allylic oxidation sites excluding steroid dienone is 1. The predicted molar refractivity (Wildman–Crippen MR) is 71.4 cm³/mol. The van der Waals surface area contributed by atoms with Crippen molar-refractivity contribution < 1.29 is 4.79 Å². The fourth-order valence-corrected chi connectivity index (χ4v) is 1.90. The second-order valence-corrected chi connectivity index (χ2v) is 4.27. The summed E-state index contributed by atoms with van der Waals surface area (Å²) in [6.45, 7) is 3.68. The van der Waals surface area contributed by atoms with Gasteiger partial charge in [-0.25, -0.2) is 0 Å². The number of aromatic nitrogens is 3. The van der Waals surface area contributed by atoms with Crippen molar-refractivity contribution in [3.8, 4) is 0 Å². The number of carbonyl (C=O) groups is 1. The Balaban J connectivity index is 1.94. The highest BCUT2D eigenvalue weighted by Crippen LogP contribution is 2.11. The van der Waals surface area contributed by atoms with E-state index in [9.17, 15) is 4.79 Å². The van der Waals surface area contributed by atoms with Crippen LogP contribution in [0.15, 0.2) is 36.9 Å². The molecule has 1 aromatic carbocycles. The molecule has 0 aliphatic carbocycles. The largest absolute Gasteiger partial charge is 0.273 e. The van der Waals surface area contributed by atoms with E-state index in [-0.39, 0.29) is 5.91 Å². The lowest BCUT2D eigenvalue weighted by Crippen LogP contribution is -2.12. The maximum Gasteiger partial charge on any atom is 0.248 e. The van der Waals surface area contributed by atoms with Crippen molar-refractivity contribution >= 4 is 16.9 Å². The average Bonchev–Trinajstić information content (AvgIpc) is 2.82. The summed E-state index contributed by atoms with van der Waals surface area (Å²) in [5.41, 5.74) is 1.55. The smallest absolute Gasteiger partial charge is 0.248 e. The topological polar surface area (TPSA) is 47.8 Å². The molecule has 0 saturated heterocycles. The zero-order valence-corrected chi connectivity index (χ0v) is 10.4. The normalized spacial score (nSPS) is 10.7. The van der Waals surface area contributed by atoms with Crippen LogP contribution in [0, 0.1) is 0 Å². The van der Waals surface area contributed by atoms with E-state index in [1.807, 2.05) is 30.3 Å². The third kappa shape index (κ3) is 2.83. The molecule has 0 fully saturated rings. The van der Waals surface area contributed by atoms with Crippen molar-refractivity contribution in [1.29, 1.82) is 0 Å². The summed E-state index contributed by atoms with van der Waals surface area (Å²) in [6, 6.07) is 7.50. The third-order valence-corrected chi connectivity index (χ3v) is 2.89. The first-order valence-corrected chi connectivity index (χ1v) is 6.27. The molecule has 0 atom stereocenters. The molecule has 2 rings (SSSR count). The van der Waals surface area contributed by atoms with Gasteiger partial charge in [0.05, 0.1) is 5.52 Å². The Labute approximate surface area is 106 Å². The van der Waals surface area contributed by atoms with Gasteiger partial charge in [-0.05, 0) is 31.4 Å². The summed E-state index contributed by atoms with van der Waals surface area (Å²) < 4.78 is 1.41. The van der Waals surface area contributed by atoms with E-state index < -0.39 is 0 Å². The zero-order chi connectivity index (χ0) is 12.8. The first-order valence-electron chi connectivity index (χ1n) is 6.27. The molecule has 0 saturated carbocycles. The van der Waals surface area contributed by atoms with Crippen LogP contribution in [0.2, 0.25) is 0 Å². The van der Waals surface area contributed by atoms with Crippen molar-refractivity contribution in [2.24, 2.45) is 0 Å². The Kier molecular flexibility index (Phi) is 4.23. The Morgan fingerprint density at radius 1 is 1.28 bits per heavy atom. The van der Waals surface area contributed by atoms with Gasteiger partial charge in [-0.3, -0.25) is 4.79 Å². The summed E-state index contributed by atoms with van der Waals surface area (Å²) >= 11 is 0. The van der Waals surface area contributed by atoms with Crippen LogP contribution in [-0.2, 0) is 0 Å². The number of hydrogen-bond donors (Lipinski definition) is 0. The van der Waals surface area contributed by atoms with Crippen molar-refractivity contribution in [1.82, 2.24) is 15.0 Å². The van der Waals surface area contributed by atoms with Gasteiger partial charge in [-0.2, -0.15) is 4.68 Å². The fourth-order valence-electron chi connectivity index (χ4n) is 1.90. The van der Waals surface area contributed by atoms with Crippen molar-refractivity contribution in [2.75, 3.05) is 0 Å².